The summed E-state index contributed by atoms with van der Waals surface area (Å²) in [6.07, 6.45) is 1.72. The molecule has 4 nitrogen and oxygen atoms in total. The van der Waals surface area contributed by atoms with Crippen molar-refractivity contribution in [3.63, 3.8) is 0 Å². The predicted octanol–water partition coefficient (Wildman–Crippen LogP) is 0.486. The zero-order valence-electron chi connectivity index (χ0n) is 7.03. The highest BCUT2D eigenvalue weighted by atomic mass is 16.4. The molecule has 0 bridgehead atoms. The van der Waals surface area contributed by atoms with Gasteiger partial charge < -0.3 is 5.11 Å². The standard InChI is InChI=1S/C9H8O4/c1-5-2-7(9(12)13)8(11)3-6(5)4-10/h2,4H,3H2,1H3,(H,12,13). The first-order chi connectivity index (χ1) is 6.06. The van der Waals surface area contributed by atoms with Gasteiger partial charge in [0.2, 0.25) is 0 Å². The van der Waals surface area contributed by atoms with Crippen molar-refractivity contribution in [3.8, 4) is 0 Å². The summed E-state index contributed by atoms with van der Waals surface area (Å²) < 4.78 is 0. The number of rotatable bonds is 2. The molecular weight excluding hydrogens is 172 g/mol. The van der Waals surface area contributed by atoms with Gasteiger partial charge in [-0.3, -0.25) is 9.59 Å². The molecule has 1 rings (SSSR count). The van der Waals surface area contributed by atoms with Crippen molar-refractivity contribution >= 4 is 18.0 Å². The van der Waals surface area contributed by atoms with Gasteiger partial charge in [0.05, 0.1) is 0 Å². The average molecular weight is 180 g/mol. The molecule has 0 aliphatic heterocycles. The molecule has 0 saturated heterocycles. The highest BCUT2D eigenvalue weighted by molar-refractivity contribution is 6.19. The molecule has 0 saturated carbocycles. The summed E-state index contributed by atoms with van der Waals surface area (Å²) in [5, 5.41) is 8.59. The Morgan fingerprint density at radius 1 is 1.62 bits per heavy atom. The van der Waals surface area contributed by atoms with E-state index in [-0.39, 0.29) is 12.0 Å². The molecule has 0 radical (unpaired) electrons. The Balaban J connectivity index is 3.14. The summed E-state index contributed by atoms with van der Waals surface area (Å²) >= 11 is 0. The number of carboxylic acid groups (broad SMARTS) is 1. The quantitative estimate of drug-likeness (QED) is 0.495. The largest absolute Gasteiger partial charge is 0.478 e. The number of Topliss-reactive ketones (excluding diaryl/α,β-unsaturated/α-hetero) is 1. The van der Waals surface area contributed by atoms with E-state index in [0.717, 1.165) is 0 Å². The van der Waals surface area contributed by atoms with Gasteiger partial charge in [-0.1, -0.05) is 0 Å². The van der Waals surface area contributed by atoms with Crippen LogP contribution < -0.4 is 0 Å². The zero-order valence-corrected chi connectivity index (χ0v) is 7.03. The Morgan fingerprint density at radius 2 is 2.23 bits per heavy atom. The Bertz CT molecular complexity index is 347. The molecule has 0 heterocycles. The van der Waals surface area contributed by atoms with E-state index in [9.17, 15) is 14.4 Å². The van der Waals surface area contributed by atoms with E-state index in [1.54, 1.807) is 6.92 Å². The molecule has 13 heavy (non-hydrogen) atoms. The Hall–Kier alpha value is -1.71. The number of carbonyl (C=O) groups is 3. The lowest BCUT2D eigenvalue weighted by atomic mass is 9.93. The molecule has 0 atom stereocenters. The van der Waals surface area contributed by atoms with Gasteiger partial charge in [-0.2, -0.15) is 0 Å². The fraction of sp³-hybridized carbons (Fsp3) is 0.222. The molecule has 1 aliphatic rings. The number of allylic oxidation sites excluding steroid dienone is 3. The first-order valence-electron chi connectivity index (χ1n) is 3.69. The molecule has 0 fully saturated rings. The van der Waals surface area contributed by atoms with Crippen molar-refractivity contribution in [2.24, 2.45) is 0 Å². The van der Waals surface area contributed by atoms with Crippen LogP contribution >= 0.6 is 0 Å². The number of aliphatic carboxylic acids is 1. The van der Waals surface area contributed by atoms with Crippen LogP contribution in [0.15, 0.2) is 22.8 Å². The maximum atomic E-state index is 11.1. The summed E-state index contributed by atoms with van der Waals surface area (Å²) in [5.74, 6) is -1.76. The van der Waals surface area contributed by atoms with Gasteiger partial charge in [0.15, 0.2) is 5.78 Å². The fourth-order valence-electron chi connectivity index (χ4n) is 1.11. The first-order valence-corrected chi connectivity index (χ1v) is 3.69. The van der Waals surface area contributed by atoms with E-state index in [4.69, 9.17) is 5.11 Å². The van der Waals surface area contributed by atoms with Crippen LogP contribution in [0.4, 0.5) is 0 Å². The van der Waals surface area contributed by atoms with Crippen LogP contribution in [0, 0.1) is 0 Å². The van der Waals surface area contributed by atoms with Crippen molar-refractivity contribution in [3.05, 3.63) is 22.8 Å². The number of hydrogen-bond acceptors (Lipinski definition) is 3. The van der Waals surface area contributed by atoms with Gasteiger partial charge in [-0.15, -0.1) is 0 Å². The Labute approximate surface area is 74.6 Å². The van der Waals surface area contributed by atoms with E-state index < -0.39 is 11.8 Å². The van der Waals surface area contributed by atoms with Gasteiger partial charge in [-0.05, 0) is 18.6 Å². The smallest absolute Gasteiger partial charge is 0.339 e. The molecule has 4 heteroatoms. The molecule has 0 spiro atoms. The van der Waals surface area contributed by atoms with Crippen molar-refractivity contribution in [1.29, 1.82) is 0 Å². The molecule has 0 amide bonds. The van der Waals surface area contributed by atoms with Crippen LogP contribution in [-0.4, -0.2) is 23.1 Å². The van der Waals surface area contributed by atoms with Gasteiger partial charge in [0, 0.05) is 12.0 Å². The van der Waals surface area contributed by atoms with Crippen LogP contribution in [0.1, 0.15) is 13.3 Å². The van der Waals surface area contributed by atoms with E-state index in [0.29, 0.717) is 17.4 Å². The number of aldehydes is 1. The third kappa shape index (κ3) is 1.72. The summed E-state index contributed by atoms with van der Waals surface area (Å²) in [4.78, 5) is 32.0. The fourth-order valence-corrected chi connectivity index (χ4v) is 1.11. The minimum atomic E-state index is -1.24. The normalized spacial score (nSPS) is 17.0. The lowest BCUT2D eigenvalue weighted by Gasteiger charge is -2.10. The average Bonchev–Trinajstić information content (AvgIpc) is 2.07. The van der Waals surface area contributed by atoms with Crippen molar-refractivity contribution in [2.45, 2.75) is 13.3 Å². The SMILES string of the molecule is CC1=C(C=O)CC(=O)C(C(=O)O)=C1. The minimum absolute atomic E-state index is 0.104. The maximum absolute atomic E-state index is 11.1. The molecular formula is C9H8O4. The van der Waals surface area contributed by atoms with Crippen LogP contribution in [0.2, 0.25) is 0 Å². The first kappa shape index (κ1) is 9.38. The Kier molecular flexibility index (Phi) is 2.41. The summed E-state index contributed by atoms with van der Waals surface area (Å²) in [6, 6.07) is 0. The molecule has 0 aromatic carbocycles. The van der Waals surface area contributed by atoms with Crippen molar-refractivity contribution in [2.75, 3.05) is 0 Å². The molecule has 1 N–H and O–H groups in total. The number of hydrogen-bond donors (Lipinski definition) is 1. The lowest BCUT2D eigenvalue weighted by Crippen LogP contribution is -2.17. The lowest BCUT2D eigenvalue weighted by molar-refractivity contribution is -0.134. The zero-order chi connectivity index (χ0) is 10.0. The van der Waals surface area contributed by atoms with Crippen molar-refractivity contribution in [1.82, 2.24) is 0 Å². The Morgan fingerprint density at radius 3 is 2.69 bits per heavy atom. The van der Waals surface area contributed by atoms with E-state index in [1.165, 1.54) is 6.08 Å². The van der Waals surface area contributed by atoms with E-state index in [2.05, 4.69) is 0 Å². The highest BCUT2D eigenvalue weighted by Gasteiger charge is 2.23. The summed E-state index contributed by atoms with van der Waals surface area (Å²) in [6.45, 7) is 1.61. The van der Waals surface area contributed by atoms with E-state index >= 15 is 0 Å². The summed E-state index contributed by atoms with van der Waals surface area (Å²) in [5.41, 5.74) is 0.658. The molecule has 0 unspecified atom stereocenters. The second-order valence-corrected chi connectivity index (χ2v) is 2.79. The third-order valence-corrected chi connectivity index (χ3v) is 1.89. The van der Waals surface area contributed by atoms with Crippen LogP contribution in [0.5, 0.6) is 0 Å². The molecule has 0 aromatic rings. The van der Waals surface area contributed by atoms with Gasteiger partial charge in [-0.25, -0.2) is 4.79 Å². The third-order valence-electron chi connectivity index (χ3n) is 1.89. The second kappa shape index (κ2) is 3.35. The monoisotopic (exact) mass is 180 g/mol. The van der Waals surface area contributed by atoms with Gasteiger partial charge >= 0.3 is 5.97 Å². The van der Waals surface area contributed by atoms with Crippen LogP contribution in [0.3, 0.4) is 0 Å². The number of ketones is 1. The molecule has 68 valence electrons. The van der Waals surface area contributed by atoms with Crippen molar-refractivity contribution < 1.29 is 19.5 Å². The van der Waals surface area contributed by atoms with Gasteiger partial charge in [0.25, 0.3) is 0 Å². The predicted molar refractivity (Wildman–Crippen MR) is 44.1 cm³/mol. The number of carboxylic acids is 1. The minimum Gasteiger partial charge on any atom is -0.478 e. The van der Waals surface area contributed by atoms with E-state index in [1.807, 2.05) is 0 Å². The molecule has 1 aliphatic carbocycles. The summed E-state index contributed by atoms with van der Waals surface area (Å²) in [7, 11) is 0. The topological polar surface area (TPSA) is 71.4 Å². The van der Waals surface area contributed by atoms with Crippen LogP contribution in [-0.2, 0) is 14.4 Å². The molecule has 0 aromatic heterocycles. The maximum Gasteiger partial charge on any atom is 0.339 e. The van der Waals surface area contributed by atoms with Crippen LogP contribution in [0.25, 0.3) is 0 Å². The van der Waals surface area contributed by atoms with Gasteiger partial charge in [0.1, 0.15) is 11.9 Å². The second-order valence-electron chi connectivity index (χ2n) is 2.79. The number of carbonyl (C=O) groups excluding carboxylic acids is 2. The highest BCUT2D eigenvalue weighted by Crippen LogP contribution is 2.19.